The van der Waals surface area contributed by atoms with Crippen molar-refractivity contribution < 1.29 is 14.3 Å². The summed E-state index contributed by atoms with van der Waals surface area (Å²) in [6, 6.07) is 24.1. The van der Waals surface area contributed by atoms with Crippen LogP contribution in [-0.2, 0) is 11.3 Å². The maximum absolute atomic E-state index is 12.4. The van der Waals surface area contributed by atoms with Crippen LogP contribution >= 0.6 is 11.6 Å². The predicted octanol–water partition coefficient (Wildman–Crippen LogP) is 5.02. The van der Waals surface area contributed by atoms with Crippen molar-refractivity contribution in [3.05, 3.63) is 89.7 Å². The van der Waals surface area contributed by atoms with E-state index in [1.807, 2.05) is 73.7 Å². The predicted molar refractivity (Wildman–Crippen MR) is 125 cm³/mol. The highest BCUT2D eigenvalue weighted by molar-refractivity contribution is 6.30. The van der Waals surface area contributed by atoms with E-state index in [0.29, 0.717) is 23.9 Å². The largest absolute Gasteiger partial charge is 0.492 e. The SMILES string of the molecule is CC(NC(=O)COc1ccccc1)c1nc2ccccc2n1CCOc1ccc(Cl)cc1. The van der Waals surface area contributed by atoms with Crippen molar-refractivity contribution >= 4 is 28.5 Å². The highest BCUT2D eigenvalue weighted by Gasteiger charge is 2.18. The van der Waals surface area contributed by atoms with E-state index in [0.717, 1.165) is 22.6 Å². The Bertz CT molecular complexity index is 1180. The molecule has 32 heavy (non-hydrogen) atoms. The number of carbonyl (C=O) groups is 1. The molecule has 4 aromatic rings. The van der Waals surface area contributed by atoms with Gasteiger partial charge in [0.25, 0.3) is 5.91 Å². The van der Waals surface area contributed by atoms with Gasteiger partial charge >= 0.3 is 0 Å². The Hall–Kier alpha value is -3.51. The van der Waals surface area contributed by atoms with Crippen molar-refractivity contribution in [3.63, 3.8) is 0 Å². The Morgan fingerprint density at radius 2 is 1.66 bits per heavy atom. The number of amides is 1. The number of rotatable bonds is 9. The van der Waals surface area contributed by atoms with Crippen LogP contribution in [-0.4, -0.2) is 28.7 Å². The standard InChI is InChI=1S/C25H24ClN3O3/c1-18(27-24(30)17-32-20-7-3-2-4-8-20)25-28-22-9-5-6-10-23(22)29(25)15-16-31-21-13-11-19(26)12-14-21/h2-14,18H,15-17H2,1H3,(H,27,30). The number of hydrogen-bond acceptors (Lipinski definition) is 4. The monoisotopic (exact) mass is 449 g/mol. The molecule has 1 unspecified atom stereocenters. The van der Waals surface area contributed by atoms with E-state index in [4.69, 9.17) is 26.1 Å². The normalized spacial score (nSPS) is 11.8. The number of fused-ring (bicyclic) bond motifs is 1. The third-order valence-electron chi connectivity index (χ3n) is 4.96. The molecule has 1 amide bonds. The molecule has 0 spiro atoms. The fraction of sp³-hybridized carbons (Fsp3) is 0.200. The van der Waals surface area contributed by atoms with Gasteiger partial charge in [-0.05, 0) is 55.5 Å². The molecule has 6 nitrogen and oxygen atoms in total. The molecule has 164 valence electrons. The second-order valence-electron chi connectivity index (χ2n) is 7.30. The van der Waals surface area contributed by atoms with Crippen molar-refractivity contribution in [3.8, 4) is 11.5 Å². The van der Waals surface area contributed by atoms with E-state index >= 15 is 0 Å². The first-order chi connectivity index (χ1) is 15.6. The van der Waals surface area contributed by atoms with Gasteiger partial charge in [0.1, 0.15) is 23.9 Å². The zero-order chi connectivity index (χ0) is 22.3. The van der Waals surface area contributed by atoms with E-state index in [1.165, 1.54) is 0 Å². The minimum Gasteiger partial charge on any atom is -0.492 e. The van der Waals surface area contributed by atoms with Crippen LogP contribution in [0.4, 0.5) is 0 Å². The quantitative estimate of drug-likeness (QED) is 0.389. The van der Waals surface area contributed by atoms with Crippen molar-refractivity contribution in [1.82, 2.24) is 14.9 Å². The van der Waals surface area contributed by atoms with Gasteiger partial charge in [-0.1, -0.05) is 41.9 Å². The molecule has 3 aromatic carbocycles. The number of nitrogens with zero attached hydrogens (tertiary/aromatic N) is 2. The molecule has 4 rings (SSSR count). The molecule has 0 saturated carbocycles. The van der Waals surface area contributed by atoms with Crippen molar-refractivity contribution in [2.45, 2.75) is 19.5 Å². The van der Waals surface area contributed by atoms with Gasteiger partial charge in [-0.3, -0.25) is 4.79 Å². The lowest BCUT2D eigenvalue weighted by Gasteiger charge is -2.17. The summed E-state index contributed by atoms with van der Waals surface area (Å²) in [6.07, 6.45) is 0. The second-order valence-corrected chi connectivity index (χ2v) is 7.74. The number of hydrogen-bond donors (Lipinski definition) is 1. The zero-order valence-electron chi connectivity index (χ0n) is 17.7. The molecule has 0 aliphatic rings. The van der Waals surface area contributed by atoms with Gasteiger partial charge in [0.05, 0.1) is 23.6 Å². The second kappa shape index (κ2) is 10.2. The number of imidazole rings is 1. The maximum atomic E-state index is 12.4. The summed E-state index contributed by atoms with van der Waals surface area (Å²) >= 11 is 5.94. The summed E-state index contributed by atoms with van der Waals surface area (Å²) in [5.74, 6) is 1.96. The lowest BCUT2D eigenvalue weighted by Crippen LogP contribution is -2.33. The fourth-order valence-corrected chi connectivity index (χ4v) is 3.58. The Kier molecular flexibility index (Phi) is 6.92. The number of carbonyl (C=O) groups excluding carboxylic acids is 1. The number of aromatic nitrogens is 2. The first-order valence-corrected chi connectivity index (χ1v) is 10.8. The third-order valence-corrected chi connectivity index (χ3v) is 5.21. The van der Waals surface area contributed by atoms with Crippen LogP contribution in [0, 0.1) is 0 Å². The number of nitrogens with one attached hydrogen (secondary N) is 1. The molecule has 1 heterocycles. The van der Waals surface area contributed by atoms with E-state index in [1.54, 1.807) is 12.1 Å². The van der Waals surface area contributed by atoms with Gasteiger partial charge in [-0.2, -0.15) is 0 Å². The molecule has 1 aromatic heterocycles. The lowest BCUT2D eigenvalue weighted by molar-refractivity contribution is -0.123. The molecule has 0 fully saturated rings. The molecule has 0 radical (unpaired) electrons. The van der Waals surface area contributed by atoms with Gasteiger partial charge in [0, 0.05) is 5.02 Å². The van der Waals surface area contributed by atoms with Crippen LogP contribution in [0.1, 0.15) is 18.8 Å². The summed E-state index contributed by atoms with van der Waals surface area (Å²) in [7, 11) is 0. The average Bonchev–Trinajstić information content (AvgIpc) is 3.18. The van der Waals surface area contributed by atoms with Gasteiger partial charge in [0.2, 0.25) is 0 Å². The highest BCUT2D eigenvalue weighted by atomic mass is 35.5. The first kappa shape index (κ1) is 21.7. The molecule has 1 N–H and O–H groups in total. The van der Waals surface area contributed by atoms with Crippen LogP contribution < -0.4 is 14.8 Å². The van der Waals surface area contributed by atoms with Crippen LogP contribution in [0.15, 0.2) is 78.9 Å². The summed E-state index contributed by atoms with van der Waals surface area (Å²) in [4.78, 5) is 17.2. The van der Waals surface area contributed by atoms with E-state index in [-0.39, 0.29) is 18.6 Å². The molecule has 0 aliphatic carbocycles. The topological polar surface area (TPSA) is 65.4 Å². The highest BCUT2D eigenvalue weighted by Crippen LogP contribution is 2.22. The number of halogens is 1. The van der Waals surface area contributed by atoms with Gasteiger partial charge in [0.15, 0.2) is 6.61 Å². The van der Waals surface area contributed by atoms with Crippen molar-refractivity contribution in [2.24, 2.45) is 0 Å². The lowest BCUT2D eigenvalue weighted by atomic mass is 10.3. The van der Waals surface area contributed by atoms with Gasteiger partial charge in [-0.15, -0.1) is 0 Å². The van der Waals surface area contributed by atoms with Gasteiger partial charge < -0.3 is 19.4 Å². The minimum absolute atomic E-state index is 0.0613. The Labute approximate surface area is 191 Å². The van der Waals surface area contributed by atoms with Crippen molar-refractivity contribution in [2.75, 3.05) is 13.2 Å². The van der Waals surface area contributed by atoms with E-state index in [9.17, 15) is 4.79 Å². The smallest absolute Gasteiger partial charge is 0.258 e. The molecule has 0 aliphatic heterocycles. The van der Waals surface area contributed by atoms with Crippen molar-refractivity contribution in [1.29, 1.82) is 0 Å². The first-order valence-electron chi connectivity index (χ1n) is 10.4. The molecule has 0 bridgehead atoms. The van der Waals surface area contributed by atoms with Crippen LogP contribution in [0.2, 0.25) is 5.02 Å². The zero-order valence-corrected chi connectivity index (χ0v) is 18.5. The number of para-hydroxylation sites is 3. The third kappa shape index (κ3) is 5.39. The molecular weight excluding hydrogens is 426 g/mol. The molecule has 0 saturated heterocycles. The maximum Gasteiger partial charge on any atom is 0.258 e. The van der Waals surface area contributed by atoms with Gasteiger partial charge in [-0.25, -0.2) is 4.98 Å². The van der Waals surface area contributed by atoms with Crippen LogP contribution in [0.3, 0.4) is 0 Å². The summed E-state index contributed by atoms with van der Waals surface area (Å²) < 4.78 is 13.5. The van der Waals surface area contributed by atoms with E-state index in [2.05, 4.69) is 9.88 Å². The molecule has 1 atom stereocenters. The number of benzene rings is 3. The molecular formula is C25H24ClN3O3. The molecule has 7 heteroatoms. The summed E-state index contributed by atoms with van der Waals surface area (Å²) in [5.41, 5.74) is 1.86. The summed E-state index contributed by atoms with van der Waals surface area (Å²) in [6.45, 7) is 2.89. The minimum atomic E-state index is -0.301. The van der Waals surface area contributed by atoms with E-state index < -0.39 is 0 Å². The number of ether oxygens (including phenoxy) is 2. The Balaban J connectivity index is 1.43. The Morgan fingerprint density at radius 3 is 2.44 bits per heavy atom. The van der Waals surface area contributed by atoms with Crippen LogP contribution in [0.25, 0.3) is 11.0 Å². The fourth-order valence-electron chi connectivity index (χ4n) is 3.46. The average molecular weight is 450 g/mol. The Morgan fingerprint density at radius 1 is 0.969 bits per heavy atom. The van der Waals surface area contributed by atoms with Crippen LogP contribution in [0.5, 0.6) is 11.5 Å². The summed E-state index contributed by atoms with van der Waals surface area (Å²) in [5, 5.41) is 3.65.